The summed E-state index contributed by atoms with van der Waals surface area (Å²) in [6.07, 6.45) is -1.23. The van der Waals surface area contributed by atoms with E-state index in [1.54, 1.807) is 0 Å². The van der Waals surface area contributed by atoms with Crippen molar-refractivity contribution < 1.29 is 13.6 Å². The molecule has 2 atom stereocenters. The number of hydrogen-bond acceptors (Lipinski definition) is 8. The van der Waals surface area contributed by atoms with Gasteiger partial charge in [0.1, 0.15) is 0 Å². The number of nitrogens with two attached hydrogens (primary N) is 5. The largest absolute Gasteiger partial charge is 0.702 e. The van der Waals surface area contributed by atoms with E-state index in [0.717, 1.165) is 0 Å². The Bertz CT molecular complexity index is 218. The molecule has 1 aliphatic rings. The fourth-order valence-electron chi connectivity index (χ4n) is 0.626. The van der Waals surface area contributed by atoms with Crippen LogP contribution in [0.15, 0.2) is 0 Å². The summed E-state index contributed by atoms with van der Waals surface area (Å²) in [6, 6.07) is 0. The fourth-order valence-corrected chi connectivity index (χ4v) is 1.43. The lowest BCUT2D eigenvalue weighted by molar-refractivity contribution is -0.0961. The predicted octanol–water partition coefficient (Wildman–Crippen LogP) is -2.84. The minimum absolute atomic E-state index is 1.23. The summed E-state index contributed by atoms with van der Waals surface area (Å²) in [5, 5.41) is 0. The molecule has 8 nitrogen and oxygen atoms in total. The third kappa shape index (κ3) is 1.35. The van der Waals surface area contributed by atoms with Crippen molar-refractivity contribution in [2.45, 2.75) is 17.7 Å². The summed E-state index contributed by atoms with van der Waals surface area (Å²) in [6.45, 7) is 0. The predicted molar refractivity (Wildman–Crippen MR) is 40.0 cm³/mol. The van der Waals surface area contributed by atoms with E-state index in [9.17, 15) is 4.57 Å². The van der Waals surface area contributed by atoms with Crippen LogP contribution < -0.4 is 28.7 Å². The van der Waals surface area contributed by atoms with Crippen LogP contribution in [0.25, 0.3) is 0 Å². The van der Waals surface area contributed by atoms with Gasteiger partial charge in [0.2, 0.25) is 6.23 Å². The molecule has 70 valence electrons. The van der Waals surface area contributed by atoms with E-state index in [4.69, 9.17) is 28.7 Å². The van der Waals surface area contributed by atoms with E-state index in [2.05, 4.69) is 9.05 Å². The van der Waals surface area contributed by atoms with Crippen LogP contribution >= 0.6 is 8.25 Å². The van der Waals surface area contributed by atoms with Gasteiger partial charge in [-0.05, 0) is 0 Å². The first kappa shape index (κ1) is 9.90. The van der Waals surface area contributed by atoms with Gasteiger partial charge in [-0.3, -0.25) is 17.2 Å². The molecule has 0 aromatic rings. The molecule has 1 aliphatic heterocycles. The highest BCUT2D eigenvalue weighted by Crippen LogP contribution is 2.37. The second kappa shape index (κ2) is 2.66. The van der Waals surface area contributed by atoms with Crippen LogP contribution in [0.1, 0.15) is 0 Å². The van der Waals surface area contributed by atoms with E-state index in [-0.39, 0.29) is 0 Å². The number of rotatable bonds is 0. The van der Waals surface area contributed by atoms with Gasteiger partial charge in [0, 0.05) is 4.57 Å². The Morgan fingerprint density at radius 2 is 1.75 bits per heavy atom. The van der Waals surface area contributed by atoms with Crippen LogP contribution in [0.2, 0.25) is 0 Å². The van der Waals surface area contributed by atoms with Crippen molar-refractivity contribution in [3.05, 3.63) is 0 Å². The van der Waals surface area contributed by atoms with Crippen molar-refractivity contribution in [3.8, 4) is 0 Å². The van der Waals surface area contributed by atoms with Gasteiger partial charge in [-0.2, -0.15) is 0 Å². The molecule has 1 saturated heterocycles. The summed E-state index contributed by atoms with van der Waals surface area (Å²) >= 11 is 0. The van der Waals surface area contributed by atoms with Crippen molar-refractivity contribution in [3.63, 3.8) is 0 Å². The van der Waals surface area contributed by atoms with Crippen LogP contribution in [-0.2, 0) is 13.6 Å². The molecule has 0 aromatic heterocycles. The molecule has 2 unspecified atom stereocenters. The molecule has 0 radical (unpaired) electrons. The van der Waals surface area contributed by atoms with Crippen molar-refractivity contribution in [1.29, 1.82) is 0 Å². The summed E-state index contributed by atoms with van der Waals surface area (Å²) in [7, 11) is -2.46. The Labute approximate surface area is 69.3 Å². The third-order valence-corrected chi connectivity index (χ3v) is 2.42. The first-order valence-corrected chi connectivity index (χ1v) is 4.11. The second-order valence-electron chi connectivity index (χ2n) is 2.57. The third-order valence-electron chi connectivity index (χ3n) is 1.57. The highest BCUT2D eigenvalue weighted by Gasteiger charge is 2.60. The maximum absolute atomic E-state index is 10.7. The van der Waals surface area contributed by atoms with E-state index < -0.39 is 26.0 Å². The van der Waals surface area contributed by atoms with Gasteiger partial charge in [0.25, 0.3) is 5.85 Å². The van der Waals surface area contributed by atoms with Crippen LogP contribution in [0.5, 0.6) is 0 Å². The highest BCUT2D eigenvalue weighted by molar-refractivity contribution is 7.33. The van der Waals surface area contributed by atoms with E-state index in [1.165, 1.54) is 0 Å². The monoisotopic (exact) mass is 196 g/mol. The zero-order valence-corrected chi connectivity index (χ0v) is 7.03. The minimum atomic E-state index is -2.46. The minimum Gasteiger partial charge on any atom is -0.305 e. The zero-order valence-electron chi connectivity index (χ0n) is 6.14. The van der Waals surface area contributed by atoms with Crippen LogP contribution in [0.4, 0.5) is 0 Å². The maximum Gasteiger partial charge on any atom is 0.702 e. The lowest BCUT2D eigenvalue weighted by Crippen LogP contribution is -2.84. The van der Waals surface area contributed by atoms with Gasteiger partial charge in [-0.15, -0.1) is 0 Å². The molecule has 12 heavy (non-hydrogen) atoms. The highest BCUT2D eigenvalue weighted by atomic mass is 31.1. The summed E-state index contributed by atoms with van der Waals surface area (Å²) in [5.74, 6) is -1.96. The van der Waals surface area contributed by atoms with E-state index in [0.29, 0.717) is 0 Å². The average molecular weight is 196 g/mol. The van der Waals surface area contributed by atoms with Crippen LogP contribution in [0, 0.1) is 0 Å². The molecule has 10 N–H and O–H groups in total. The molecule has 0 amide bonds. The average Bonchev–Trinajstić information content (AvgIpc) is 1.82. The Morgan fingerprint density at radius 1 is 1.25 bits per heavy atom. The van der Waals surface area contributed by atoms with E-state index >= 15 is 0 Å². The Balaban J connectivity index is 2.94. The molecule has 1 rings (SSSR count). The van der Waals surface area contributed by atoms with Gasteiger partial charge < -0.3 is 11.5 Å². The summed E-state index contributed by atoms with van der Waals surface area (Å²) < 4.78 is 19.7. The smallest absolute Gasteiger partial charge is 0.305 e. The van der Waals surface area contributed by atoms with Gasteiger partial charge in [0.05, 0.1) is 0 Å². The molecule has 0 saturated carbocycles. The molecular formula is C3H11N5O3P+. The lowest BCUT2D eigenvalue weighted by atomic mass is 10.1. The van der Waals surface area contributed by atoms with Crippen molar-refractivity contribution in [2.75, 3.05) is 0 Å². The van der Waals surface area contributed by atoms with Crippen molar-refractivity contribution >= 4 is 8.25 Å². The van der Waals surface area contributed by atoms with E-state index in [1.807, 2.05) is 0 Å². The Morgan fingerprint density at radius 3 is 2.17 bits per heavy atom. The molecular weight excluding hydrogens is 185 g/mol. The molecule has 0 aliphatic carbocycles. The molecule has 0 bridgehead atoms. The van der Waals surface area contributed by atoms with Gasteiger partial charge in [0.15, 0.2) is 5.66 Å². The van der Waals surface area contributed by atoms with Crippen molar-refractivity contribution in [2.24, 2.45) is 28.7 Å². The first-order valence-electron chi connectivity index (χ1n) is 3.01. The SMILES string of the molecule is NC1O[P+](=O)OC(N)(N)C1(N)N. The lowest BCUT2D eigenvalue weighted by Gasteiger charge is -2.38. The second-order valence-corrected chi connectivity index (χ2v) is 3.41. The van der Waals surface area contributed by atoms with Gasteiger partial charge in [-0.25, -0.2) is 0 Å². The Kier molecular flexibility index (Phi) is 2.19. The topological polar surface area (TPSA) is 166 Å². The maximum atomic E-state index is 10.7. The zero-order chi connectivity index (χ0) is 9.57. The van der Waals surface area contributed by atoms with Gasteiger partial charge in [-0.1, -0.05) is 9.05 Å². The van der Waals surface area contributed by atoms with Crippen LogP contribution in [0.3, 0.4) is 0 Å². The molecule has 9 heteroatoms. The standard InChI is InChI=1S/C3H11N5O3P/c4-1-2(5,6)3(7,8)11-12(9)10-1/h1H,4-8H2/q+1. The molecule has 0 spiro atoms. The molecule has 1 heterocycles. The summed E-state index contributed by atoms with van der Waals surface area (Å²) in [5.41, 5.74) is 24.9. The normalized spacial score (nSPS) is 36.4. The van der Waals surface area contributed by atoms with Crippen LogP contribution in [-0.4, -0.2) is 17.7 Å². The molecule has 1 fully saturated rings. The number of hydrogen-bond donors (Lipinski definition) is 5. The van der Waals surface area contributed by atoms with Crippen molar-refractivity contribution in [1.82, 2.24) is 0 Å². The quantitative estimate of drug-likeness (QED) is 0.204. The molecule has 0 aromatic carbocycles. The fraction of sp³-hybridized carbons (Fsp3) is 1.00. The summed E-state index contributed by atoms with van der Waals surface area (Å²) in [4.78, 5) is 0. The Hall–Kier alpha value is -0.180. The first-order chi connectivity index (χ1) is 5.27. The van der Waals surface area contributed by atoms with Gasteiger partial charge >= 0.3 is 8.25 Å².